The summed E-state index contributed by atoms with van der Waals surface area (Å²) in [5.74, 6) is -1.40. The number of halogens is 1. The van der Waals surface area contributed by atoms with Gasteiger partial charge in [-0.05, 0) is 82.6 Å². The Kier molecular flexibility index (Phi) is 9.58. The van der Waals surface area contributed by atoms with Gasteiger partial charge in [0.1, 0.15) is 11.4 Å². The molecule has 1 fully saturated rings. The molecule has 8 heteroatoms. The van der Waals surface area contributed by atoms with E-state index in [9.17, 15) is 14.3 Å². The lowest BCUT2D eigenvalue weighted by atomic mass is 9.82. The number of aryl methyl sites for hydroxylation is 1. The second-order valence-electron chi connectivity index (χ2n) is 13.0. The van der Waals surface area contributed by atoms with Crippen LogP contribution in [0.25, 0.3) is 5.70 Å². The Labute approximate surface area is 249 Å². The average molecular weight is 580 g/mol. The molecule has 2 unspecified atom stereocenters. The first-order valence-electron chi connectivity index (χ1n) is 15.0. The van der Waals surface area contributed by atoms with Crippen molar-refractivity contribution in [1.29, 1.82) is 0 Å². The fourth-order valence-electron chi connectivity index (χ4n) is 5.53. The van der Waals surface area contributed by atoms with Crippen LogP contribution in [0.1, 0.15) is 84.0 Å². The van der Waals surface area contributed by atoms with Gasteiger partial charge in [-0.1, -0.05) is 39.0 Å². The molecule has 1 aromatic heterocycles. The number of pyridine rings is 1. The third-order valence-corrected chi connectivity index (χ3v) is 8.85. The largest absolute Gasteiger partial charge is 0.479 e. The summed E-state index contributed by atoms with van der Waals surface area (Å²) >= 11 is 0. The monoisotopic (exact) mass is 579 g/mol. The van der Waals surface area contributed by atoms with Gasteiger partial charge in [0.15, 0.2) is 6.10 Å². The van der Waals surface area contributed by atoms with Gasteiger partial charge < -0.3 is 19.5 Å². The minimum atomic E-state index is -1.31. The second-order valence-corrected chi connectivity index (χ2v) is 13.0. The van der Waals surface area contributed by atoms with Crippen molar-refractivity contribution in [2.75, 3.05) is 24.6 Å². The molecule has 228 valence electrons. The average Bonchev–Trinajstić information content (AvgIpc) is 2.94. The van der Waals surface area contributed by atoms with Crippen molar-refractivity contribution in [3.63, 3.8) is 0 Å². The van der Waals surface area contributed by atoms with Crippen molar-refractivity contribution in [3.05, 3.63) is 65.2 Å². The quantitative estimate of drug-likeness (QED) is 0.308. The molecule has 0 saturated carbocycles. The Morgan fingerprint density at radius 1 is 1.17 bits per heavy atom. The maximum absolute atomic E-state index is 13.4. The number of hydrogen-bond donors (Lipinski definition) is 1. The van der Waals surface area contributed by atoms with Crippen molar-refractivity contribution in [3.8, 4) is 0 Å². The Morgan fingerprint density at radius 3 is 2.43 bits per heavy atom. The van der Waals surface area contributed by atoms with Gasteiger partial charge >= 0.3 is 5.97 Å². The summed E-state index contributed by atoms with van der Waals surface area (Å²) < 4.78 is 26.2. The Balaban J connectivity index is 1.68. The standard InChI is InChI=1S/C34H46FN3O4/c1-8-33(6,7)42-30(31(39)40)34(41-20-14-25-9-11-26(35)12-10-25)15-13-28(37-24(34)3)27-22-36-23(2)21-29(27)38-18-16-32(4,5)17-19-38/h9-13,21-22,30H,8,14-20H2,1-7H3,(H,39,40). The van der Waals surface area contributed by atoms with Crippen LogP contribution < -0.4 is 4.90 Å². The van der Waals surface area contributed by atoms with Crippen LogP contribution in [0, 0.1) is 18.2 Å². The zero-order chi connectivity index (χ0) is 30.7. The summed E-state index contributed by atoms with van der Waals surface area (Å²) in [7, 11) is 0. The third kappa shape index (κ3) is 7.27. The Hall–Kier alpha value is -3.10. The van der Waals surface area contributed by atoms with Crippen LogP contribution in [0.4, 0.5) is 10.1 Å². The van der Waals surface area contributed by atoms with Gasteiger partial charge in [0.05, 0.1) is 23.6 Å². The highest BCUT2D eigenvalue weighted by atomic mass is 19.1. The summed E-state index contributed by atoms with van der Waals surface area (Å²) in [6, 6.07) is 8.37. The molecule has 0 spiro atoms. The number of aliphatic carboxylic acids is 1. The van der Waals surface area contributed by atoms with Crippen LogP contribution >= 0.6 is 0 Å². The van der Waals surface area contributed by atoms with Gasteiger partial charge in [0.2, 0.25) is 0 Å². The molecule has 2 aromatic rings. The highest BCUT2D eigenvalue weighted by Crippen LogP contribution is 2.40. The van der Waals surface area contributed by atoms with Gasteiger partial charge in [0, 0.05) is 42.7 Å². The van der Waals surface area contributed by atoms with E-state index in [0.717, 1.165) is 54.1 Å². The van der Waals surface area contributed by atoms with E-state index in [0.29, 0.717) is 24.0 Å². The van der Waals surface area contributed by atoms with E-state index in [1.165, 1.54) is 12.1 Å². The van der Waals surface area contributed by atoms with Crippen molar-refractivity contribution < 1.29 is 23.8 Å². The normalized spacial score (nSPS) is 21.5. The number of carboxylic acid groups (broad SMARTS) is 1. The van der Waals surface area contributed by atoms with Crippen LogP contribution in [0.5, 0.6) is 0 Å². The van der Waals surface area contributed by atoms with E-state index in [1.54, 1.807) is 12.1 Å². The van der Waals surface area contributed by atoms with Crippen LogP contribution in [0.2, 0.25) is 0 Å². The molecular formula is C34H46FN3O4. The molecule has 1 saturated heterocycles. The van der Waals surface area contributed by atoms with E-state index < -0.39 is 23.3 Å². The molecule has 1 N–H and O–H groups in total. The molecule has 4 rings (SSSR count). The lowest BCUT2D eigenvalue weighted by molar-refractivity contribution is -0.190. The number of rotatable bonds is 11. The highest BCUT2D eigenvalue weighted by molar-refractivity contribution is 6.01. The van der Waals surface area contributed by atoms with E-state index in [1.807, 2.05) is 46.9 Å². The van der Waals surface area contributed by atoms with Crippen LogP contribution in [-0.4, -0.2) is 58.8 Å². The number of piperidine rings is 1. The van der Waals surface area contributed by atoms with Crippen molar-refractivity contribution in [1.82, 2.24) is 4.98 Å². The predicted octanol–water partition coefficient (Wildman–Crippen LogP) is 7.02. The molecule has 1 aromatic carbocycles. The minimum absolute atomic E-state index is 0.224. The molecule has 0 amide bonds. The lowest BCUT2D eigenvalue weighted by Gasteiger charge is -2.43. The number of aromatic nitrogens is 1. The SMILES string of the molecule is CCC(C)(C)OC(C(=O)O)C1(OCCc2ccc(F)cc2)CC=C(c2cnc(C)cc2N2CCC(C)(C)CC2)N=C1C. The van der Waals surface area contributed by atoms with Gasteiger partial charge in [-0.2, -0.15) is 0 Å². The summed E-state index contributed by atoms with van der Waals surface area (Å²) in [5, 5.41) is 10.4. The predicted molar refractivity (Wildman–Crippen MR) is 166 cm³/mol. The number of nitrogens with zero attached hydrogens (tertiary/aromatic N) is 3. The number of hydrogen-bond acceptors (Lipinski definition) is 6. The molecule has 7 nitrogen and oxygen atoms in total. The van der Waals surface area contributed by atoms with Crippen molar-refractivity contribution in [2.45, 2.75) is 97.9 Å². The lowest BCUT2D eigenvalue weighted by Crippen LogP contribution is -2.58. The fraction of sp³-hybridized carbons (Fsp3) is 0.559. The summed E-state index contributed by atoms with van der Waals surface area (Å²) in [5.41, 5.74) is 3.50. The smallest absolute Gasteiger partial charge is 0.336 e. The van der Waals surface area contributed by atoms with Crippen molar-refractivity contribution in [2.24, 2.45) is 10.4 Å². The van der Waals surface area contributed by atoms with Crippen LogP contribution in [0.3, 0.4) is 0 Å². The summed E-state index contributed by atoms with van der Waals surface area (Å²) in [4.78, 5) is 24.8. The second kappa shape index (κ2) is 12.6. The summed E-state index contributed by atoms with van der Waals surface area (Å²) in [6.07, 6.45) is 6.17. The number of anilines is 1. The number of benzene rings is 1. The zero-order valence-electron chi connectivity index (χ0n) is 26.2. The maximum Gasteiger partial charge on any atom is 0.336 e. The molecule has 0 bridgehead atoms. The third-order valence-electron chi connectivity index (χ3n) is 8.85. The number of carbonyl (C=O) groups is 1. The number of ether oxygens (including phenoxy) is 2. The topological polar surface area (TPSA) is 84.2 Å². The van der Waals surface area contributed by atoms with E-state index in [2.05, 4.69) is 29.8 Å². The first kappa shape index (κ1) is 31.8. The van der Waals surface area contributed by atoms with E-state index >= 15 is 0 Å². The summed E-state index contributed by atoms with van der Waals surface area (Å²) in [6.45, 7) is 16.3. The fourth-order valence-corrected chi connectivity index (χ4v) is 5.53. The first-order chi connectivity index (χ1) is 19.7. The molecule has 3 heterocycles. The van der Waals surface area contributed by atoms with Crippen LogP contribution in [0.15, 0.2) is 47.6 Å². The van der Waals surface area contributed by atoms with Gasteiger partial charge in [-0.25, -0.2) is 9.18 Å². The molecule has 42 heavy (non-hydrogen) atoms. The van der Waals surface area contributed by atoms with E-state index in [4.69, 9.17) is 14.5 Å². The first-order valence-corrected chi connectivity index (χ1v) is 15.0. The van der Waals surface area contributed by atoms with Gasteiger partial charge in [-0.3, -0.25) is 9.98 Å². The Bertz CT molecular complexity index is 1320. The number of carboxylic acids is 1. The zero-order valence-corrected chi connectivity index (χ0v) is 26.2. The highest BCUT2D eigenvalue weighted by Gasteiger charge is 2.50. The molecule has 0 radical (unpaired) electrons. The molecule has 2 aliphatic rings. The number of aliphatic imine (C=N–C) groups is 1. The van der Waals surface area contributed by atoms with Crippen molar-refractivity contribution >= 4 is 23.1 Å². The van der Waals surface area contributed by atoms with Gasteiger partial charge in [-0.15, -0.1) is 0 Å². The molecule has 2 atom stereocenters. The minimum Gasteiger partial charge on any atom is -0.479 e. The van der Waals surface area contributed by atoms with E-state index in [-0.39, 0.29) is 18.8 Å². The maximum atomic E-state index is 13.4. The van der Waals surface area contributed by atoms with Crippen LogP contribution in [-0.2, 0) is 20.7 Å². The van der Waals surface area contributed by atoms with Gasteiger partial charge in [0.25, 0.3) is 0 Å². The Morgan fingerprint density at radius 2 is 1.83 bits per heavy atom. The molecule has 0 aliphatic carbocycles. The molecule has 2 aliphatic heterocycles. The molecular weight excluding hydrogens is 533 g/mol.